The van der Waals surface area contributed by atoms with Gasteiger partial charge >= 0.3 is 11.9 Å². The molecule has 3 heterocycles. The minimum Gasteiger partial charge on any atom is -0.463 e. The summed E-state index contributed by atoms with van der Waals surface area (Å²) in [5.41, 5.74) is 2.24. The predicted octanol–water partition coefficient (Wildman–Crippen LogP) is 3.64. The number of hydrogen-bond acceptors (Lipinski definition) is 7. The molecule has 0 radical (unpaired) electrons. The first-order valence-electron chi connectivity index (χ1n) is 12.2. The minimum absolute atomic E-state index is 0.264. The van der Waals surface area contributed by atoms with E-state index in [1.165, 1.54) is 4.90 Å². The van der Waals surface area contributed by atoms with Crippen LogP contribution in [0.25, 0.3) is 6.08 Å². The van der Waals surface area contributed by atoms with Crippen molar-refractivity contribution in [2.24, 2.45) is 0 Å². The Kier molecular flexibility index (Phi) is 7.63. The van der Waals surface area contributed by atoms with Gasteiger partial charge in [-0.25, -0.2) is 4.79 Å². The number of carbonyl (C=O) groups is 3. The number of benzene rings is 2. The number of halogens is 1. The smallest absolute Gasteiger partial charge is 0.331 e. The molecular weight excluding hydrogens is 540 g/mol. The number of rotatable bonds is 8. The average Bonchev–Trinajstić information content (AvgIpc) is 3.18. The fourth-order valence-corrected chi connectivity index (χ4v) is 6.87. The van der Waals surface area contributed by atoms with Crippen molar-refractivity contribution in [1.82, 2.24) is 9.88 Å². The highest BCUT2D eigenvalue weighted by Crippen LogP contribution is 2.48. The molecule has 4 atom stereocenters. The van der Waals surface area contributed by atoms with Crippen LogP contribution < -0.4 is 0 Å². The second-order valence-electron chi connectivity index (χ2n) is 9.36. The normalized spacial score (nSPS) is 24.8. The summed E-state index contributed by atoms with van der Waals surface area (Å²) in [6.07, 6.45) is 2.38. The van der Waals surface area contributed by atoms with Crippen LogP contribution in [0.4, 0.5) is 0 Å². The highest BCUT2D eigenvalue weighted by Gasteiger charge is 2.68. The van der Waals surface area contributed by atoms with Crippen molar-refractivity contribution in [1.29, 1.82) is 0 Å². The Morgan fingerprint density at radius 3 is 2.23 bits per heavy atom. The number of nitrogens with zero attached hydrogens (tertiary/aromatic N) is 2. The van der Waals surface area contributed by atoms with Crippen molar-refractivity contribution >= 4 is 46.3 Å². The van der Waals surface area contributed by atoms with Crippen LogP contribution in [0, 0.1) is 0 Å². The first-order chi connectivity index (χ1) is 18.8. The van der Waals surface area contributed by atoms with Gasteiger partial charge in [-0.1, -0.05) is 66.7 Å². The molecule has 0 saturated carbocycles. The van der Waals surface area contributed by atoms with Crippen molar-refractivity contribution in [3.8, 4) is 0 Å². The van der Waals surface area contributed by atoms with Crippen LogP contribution in [0.15, 0.2) is 90.6 Å². The lowest BCUT2D eigenvalue weighted by atomic mass is 9.94. The largest absolute Gasteiger partial charge is 0.463 e. The number of hydrogen-bond donors (Lipinski definition) is 0. The van der Waals surface area contributed by atoms with Gasteiger partial charge in [0.1, 0.15) is 22.6 Å². The Morgan fingerprint density at radius 2 is 1.67 bits per heavy atom. The van der Waals surface area contributed by atoms with Gasteiger partial charge in [-0.15, -0.1) is 11.6 Å². The lowest BCUT2D eigenvalue weighted by molar-refractivity contribution is -0.162. The molecule has 2 aliphatic rings. The minimum atomic E-state index is -1.82. The van der Waals surface area contributed by atoms with E-state index in [1.54, 1.807) is 37.4 Å². The molecule has 10 heteroatoms. The molecule has 0 bridgehead atoms. The molecular formula is C29H25ClN2O6S. The van der Waals surface area contributed by atoms with Gasteiger partial charge in [0.2, 0.25) is 0 Å². The van der Waals surface area contributed by atoms with Crippen LogP contribution >= 0.6 is 11.6 Å². The number of aromatic nitrogens is 1. The first-order valence-corrected chi connectivity index (χ1v) is 14.0. The van der Waals surface area contributed by atoms with Gasteiger partial charge in [-0.05, 0) is 36.3 Å². The fourth-order valence-electron chi connectivity index (χ4n) is 4.86. The maximum atomic E-state index is 13.9. The fraction of sp³-hybridized carbons (Fsp3) is 0.241. The van der Waals surface area contributed by atoms with E-state index < -0.39 is 56.8 Å². The van der Waals surface area contributed by atoms with Crippen molar-refractivity contribution in [3.63, 3.8) is 0 Å². The highest BCUT2D eigenvalue weighted by molar-refractivity contribution is 7.88. The SMILES string of the molecule is C[C@]1(COC(=O)CCl)[C@@H](C(=O)OC(c2ccccc2)c2ccccc2)N2C(=O)/C(=C/c3ccccn3)C2S1=O. The van der Waals surface area contributed by atoms with E-state index in [0.717, 1.165) is 11.1 Å². The molecule has 2 aliphatic heterocycles. The second kappa shape index (κ2) is 11.1. The summed E-state index contributed by atoms with van der Waals surface area (Å²) in [6.45, 7) is 1.17. The maximum absolute atomic E-state index is 13.9. The third-order valence-corrected chi connectivity index (χ3v) is 9.17. The summed E-state index contributed by atoms with van der Waals surface area (Å²) in [4.78, 5) is 44.7. The van der Waals surface area contributed by atoms with Crippen LogP contribution in [-0.4, -0.2) is 60.6 Å². The molecule has 5 rings (SSSR count). The number of carbonyl (C=O) groups excluding carboxylic acids is 3. The van der Waals surface area contributed by atoms with Gasteiger partial charge in [-0.3, -0.25) is 18.8 Å². The Labute approximate surface area is 233 Å². The molecule has 2 fully saturated rings. The van der Waals surface area contributed by atoms with E-state index in [0.29, 0.717) is 5.69 Å². The Bertz CT molecular complexity index is 1400. The predicted molar refractivity (Wildman–Crippen MR) is 146 cm³/mol. The van der Waals surface area contributed by atoms with Gasteiger partial charge in [-0.2, -0.15) is 0 Å². The van der Waals surface area contributed by atoms with Crippen molar-refractivity contribution < 1.29 is 28.1 Å². The van der Waals surface area contributed by atoms with Gasteiger partial charge in [0.05, 0.1) is 22.1 Å². The van der Waals surface area contributed by atoms with Gasteiger partial charge in [0, 0.05) is 6.20 Å². The first kappa shape index (κ1) is 26.8. The molecule has 2 unspecified atom stereocenters. The summed E-state index contributed by atoms with van der Waals surface area (Å²) >= 11 is 5.61. The quantitative estimate of drug-likeness (QED) is 0.178. The van der Waals surface area contributed by atoms with Crippen LogP contribution in [0.1, 0.15) is 29.8 Å². The number of amides is 1. The number of β-lactam (4-membered cyclic amide) rings is 1. The van der Waals surface area contributed by atoms with E-state index in [1.807, 2.05) is 60.7 Å². The molecule has 2 saturated heterocycles. The summed E-state index contributed by atoms with van der Waals surface area (Å²) < 4.78 is 23.8. The topological polar surface area (TPSA) is 103 Å². The second-order valence-corrected chi connectivity index (χ2v) is 11.6. The van der Waals surface area contributed by atoms with E-state index in [2.05, 4.69) is 4.98 Å². The number of esters is 2. The number of pyridine rings is 1. The van der Waals surface area contributed by atoms with Crippen LogP contribution in [0.5, 0.6) is 0 Å². The van der Waals surface area contributed by atoms with Gasteiger partial charge in [0.25, 0.3) is 5.91 Å². The van der Waals surface area contributed by atoms with Crippen LogP contribution in [-0.2, 0) is 34.7 Å². The maximum Gasteiger partial charge on any atom is 0.331 e. The van der Waals surface area contributed by atoms with E-state index in [-0.39, 0.29) is 12.2 Å². The number of alkyl halides is 1. The van der Waals surface area contributed by atoms with Gasteiger partial charge in [0.15, 0.2) is 12.1 Å². The third-order valence-electron chi connectivity index (χ3n) is 6.80. The van der Waals surface area contributed by atoms with Crippen LogP contribution in [0.3, 0.4) is 0 Å². The molecule has 2 aromatic carbocycles. The molecule has 0 spiro atoms. The van der Waals surface area contributed by atoms with E-state index in [4.69, 9.17) is 21.1 Å². The van der Waals surface area contributed by atoms with Crippen molar-refractivity contribution in [3.05, 3.63) is 107 Å². The number of ether oxygens (including phenoxy) is 2. The zero-order valence-electron chi connectivity index (χ0n) is 20.9. The highest BCUT2D eigenvalue weighted by atomic mass is 35.5. The Morgan fingerprint density at radius 1 is 1.05 bits per heavy atom. The van der Waals surface area contributed by atoms with Crippen molar-refractivity contribution in [2.45, 2.75) is 29.2 Å². The third kappa shape index (κ3) is 4.99. The molecule has 8 nitrogen and oxygen atoms in total. The summed E-state index contributed by atoms with van der Waals surface area (Å²) in [6, 6.07) is 22.4. The summed E-state index contributed by atoms with van der Waals surface area (Å²) in [5, 5.41) is -0.885. The molecule has 0 aliphatic carbocycles. The van der Waals surface area contributed by atoms with E-state index >= 15 is 0 Å². The summed E-state index contributed by atoms with van der Waals surface area (Å²) in [5.74, 6) is -2.33. The van der Waals surface area contributed by atoms with E-state index in [9.17, 15) is 18.6 Å². The zero-order chi connectivity index (χ0) is 27.6. The summed E-state index contributed by atoms with van der Waals surface area (Å²) in [7, 11) is -1.82. The zero-order valence-corrected chi connectivity index (χ0v) is 22.5. The monoisotopic (exact) mass is 564 g/mol. The molecule has 1 aromatic heterocycles. The van der Waals surface area contributed by atoms with Gasteiger partial charge < -0.3 is 14.4 Å². The lowest BCUT2D eigenvalue weighted by Gasteiger charge is -2.39. The standard InChI is InChI=1S/C29H25ClN2O6S/c1-29(18-37-23(33)17-30)25(32-26(34)22(27(32)39(29)36)16-21-14-8-9-15-31-21)28(35)38-24(19-10-4-2-5-11-19)20-12-6-3-7-13-20/h2-16,24-25,27H,17-18H2,1H3/b22-16-/t25-,27?,29+,39?/m1/s1. The molecule has 0 N–H and O–H groups in total. The molecule has 1 amide bonds. The Balaban J connectivity index is 1.51. The van der Waals surface area contributed by atoms with Crippen molar-refractivity contribution in [2.75, 3.05) is 12.5 Å². The molecule has 3 aromatic rings. The number of fused-ring (bicyclic) bond motifs is 1. The Hall–Kier alpha value is -3.82. The molecule has 200 valence electrons. The lowest BCUT2D eigenvalue weighted by Crippen LogP contribution is -2.60. The van der Waals surface area contributed by atoms with Crippen LogP contribution in [0.2, 0.25) is 0 Å². The molecule has 39 heavy (non-hydrogen) atoms. The average molecular weight is 565 g/mol.